The Labute approximate surface area is 54.7 Å². The van der Waals surface area contributed by atoms with Gasteiger partial charge in [-0.25, -0.2) is 0 Å². The fraction of sp³-hybridized carbons (Fsp3) is 0.667. The van der Waals surface area contributed by atoms with Crippen LogP contribution in [0.3, 0.4) is 0 Å². The average molecular weight is 151 g/mol. The summed E-state index contributed by atoms with van der Waals surface area (Å²) < 4.78 is 20.1. The second-order valence-corrected chi connectivity index (χ2v) is 3.02. The van der Waals surface area contributed by atoms with E-state index in [1.165, 1.54) is 0 Å². The number of carbonyl (C=O) groups is 1. The van der Waals surface area contributed by atoms with E-state index >= 15 is 0 Å². The van der Waals surface area contributed by atoms with Gasteiger partial charge < -0.3 is 16.0 Å². The highest BCUT2D eigenvalue weighted by Crippen LogP contribution is 2.00. The van der Waals surface area contributed by atoms with Gasteiger partial charge in [-0.2, -0.15) is 0 Å². The van der Waals surface area contributed by atoms with Gasteiger partial charge in [0.25, 0.3) is 0 Å². The van der Waals surface area contributed by atoms with Crippen molar-refractivity contribution in [1.82, 2.24) is 0 Å². The lowest BCUT2D eigenvalue weighted by atomic mass is 10.3. The molecule has 0 saturated heterocycles. The molecule has 0 saturated carbocycles. The number of nitrogens with two attached hydrogens (primary N) is 2. The summed E-state index contributed by atoms with van der Waals surface area (Å²) in [6.45, 7) is 1.03. The number of amides is 1. The molecule has 0 aliphatic rings. The van der Waals surface area contributed by atoms with E-state index in [9.17, 15) is 13.6 Å². The zero-order valence-corrected chi connectivity index (χ0v) is 5.60. The molecule has 0 rings (SSSR count). The Morgan fingerprint density at radius 2 is 2.11 bits per heavy atom. The summed E-state index contributed by atoms with van der Waals surface area (Å²) >= 11 is -2.65. The molecule has 0 aliphatic heterocycles. The minimum Gasteiger partial charge on any atom is -0.771 e. The summed E-state index contributed by atoms with van der Waals surface area (Å²) in [6.07, 6.45) is 0. The summed E-state index contributed by atoms with van der Waals surface area (Å²) in [5.41, 5.74) is 9.53. The Hall–Kier alpha value is -0.460. The Morgan fingerprint density at radius 1 is 1.78 bits per heavy atom. The highest BCUT2D eigenvalue weighted by atomic mass is 32.2. The van der Waals surface area contributed by atoms with Crippen LogP contribution in [0.15, 0.2) is 0 Å². The molecule has 54 valence electrons. The maximum Gasteiger partial charge on any atom is 0.249 e. The maximum atomic E-state index is 10.2. The predicted molar refractivity (Wildman–Crippen MR) is 30.7 cm³/mol. The molecule has 0 aromatic carbocycles. The second-order valence-electron chi connectivity index (χ2n) is 1.71. The largest absolute Gasteiger partial charge is 0.771 e. The van der Waals surface area contributed by atoms with E-state index in [0.29, 0.717) is 0 Å². The van der Waals surface area contributed by atoms with Crippen LogP contribution in [0.25, 0.3) is 0 Å². The molecule has 4 N–H and O–H groups in total. The van der Waals surface area contributed by atoms with Crippen LogP contribution in [0.4, 0.5) is 0 Å². The first-order valence-corrected chi connectivity index (χ1v) is 3.14. The van der Waals surface area contributed by atoms with Crippen LogP contribution in [-0.4, -0.2) is 19.5 Å². The van der Waals surface area contributed by atoms with Gasteiger partial charge in [0.15, 0.2) is 4.87 Å². The Morgan fingerprint density at radius 3 is 2.11 bits per heavy atom. The smallest absolute Gasteiger partial charge is 0.249 e. The van der Waals surface area contributed by atoms with Gasteiger partial charge in [0.2, 0.25) is 5.91 Å². The van der Waals surface area contributed by atoms with Crippen molar-refractivity contribution in [2.75, 3.05) is 0 Å². The molecule has 6 heteroatoms. The number of carbonyl (C=O) groups excluding carboxylic acids is 1. The molecule has 2 unspecified atom stereocenters. The van der Waals surface area contributed by atoms with Crippen LogP contribution in [0.5, 0.6) is 0 Å². The van der Waals surface area contributed by atoms with E-state index in [1.54, 1.807) is 0 Å². The average Bonchev–Trinajstić information content (AvgIpc) is 1.65. The molecule has 0 heterocycles. The summed E-state index contributed by atoms with van der Waals surface area (Å²) in [5.74, 6) is -1.06. The molecule has 0 aromatic rings. The summed E-state index contributed by atoms with van der Waals surface area (Å²) in [5, 5.41) is 0. The van der Waals surface area contributed by atoms with Gasteiger partial charge in [-0.1, -0.05) is 0 Å². The normalized spacial score (nSPS) is 20.3. The van der Waals surface area contributed by atoms with Crippen LogP contribution in [-0.2, 0) is 15.9 Å². The van der Waals surface area contributed by atoms with E-state index in [0.717, 1.165) is 6.92 Å². The lowest BCUT2D eigenvalue weighted by Gasteiger charge is -2.22. The lowest BCUT2D eigenvalue weighted by Crippen LogP contribution is -2.52. The molecule has 2 atom stereocenters. The number of hydrogen-bond donors (Lipinski definition) is 2. The van der Waals surface area contributed by atoms with Gasteiger partial charge in [0.1, 0.15) is 0 Å². The first kappa shape index (κ1) is 8.54. The molecule has 0 aromatic heterocycles. The van der Waals surface area contributed by atoms with Crippen molar-refractivity contribution < 1.29 is 13.6 Å². The Kier molecular flexibility index (Phi) is 2.30. The van der Waals surface area contributed by atoms with Crippen molar-refractivity contribution in [2.45, 2.75) is 11.8 Å². The summed E-state index contributed by atoms with van der Waals surface area (Å²) in [4.78, 5) is 8.22. The van der Waals surface area contributed by atoms with Crippen LogP contribution in [0, 0.1) is 0 Å². The van der Waals surface area contributed by atoms with Crippen molar-refractivity contribution in [1.29, 1.82) is 0 Å². The summed E-state index contributed by atoms with van der Waals surface area (Å²) in [6, 6.07) is 0. The molecule has 9 heavy (non-hydrogen) atoms. The zero-order valence-electron chi connectivity index (χ0n) is 4.79. The van der Waals surface area contributed by atoms with Crippen LogP contribution in [0.2, 0.25) is 0 Å². The molecule has 0 spiro atoms. The third-order valence-corrected chi connectivity index (χ3v) is 1.73. The van der Waals surface area contributed by atoms with Gasteiger partial charge in [0.05, 0.1) is 0 Å². The molecule has 0 fully saturated rings. The number of hydrogen-bond acceptors (Lipinski definition) is 4. The van der Waals surface area contributed by atoms with Crippen molar-refractivity contribution in [3.05, 3.63) is 0 Å². The Bertz CT molecular complexity index is 139. The zero-order chi connectivity index (χ0) is 7.65. The predicted octanol–water partition coefficient (Wildman–Crippen LogP) is -1.97. The molecular weight excluding hydrogens is 144 g/mol. The fourth-order valence-electron chi connectivity index (χ4n) is 0.0821. The van der Waals surface area contributed by atoms with E-state index in [2.05, 4.69) is 5.73 Å². The number of primary amides is 1. The molecule has 5 nitrogen and oxygen atoms in total. The van der Waals surface area contributed by atoms with Crippen molar-refractivity contribution in [3.8, 4) is 0 Å². The Balaban J connectivity index is 4.38. The molecule has 0 radical (unpaired) electrons. The first-order valence-electron chi connectivity index (χ1n) is 2.07. The van der Waals surface area contributed by atoms with E-state index < -0.39 is 21.9 Å². The van der Waals surface area contributed by atoms with Gasteiger partial charge in [-0.05, 0) is 18.0 Å². The standard InChI is InChI=1S/C3H8N2O3S/c1-3(5,2(4)6)9(7)8/h5H2,1H3,(H2,4,6)(H,7,8)/p-1. The SMILES string of the molecule is CC(N)(C(N)=O)S(=O)[O-]. The monoisotopic (exact) mass is 151 g/mol. The third kappa shape index (κ3) is 1.74. The molecule has 0 aliphatic carbocycles. The first-order chi connectivity index (χ1) is 3.89. The van der Waals surface area contributed by atoms with Crippen LogP contribution in [0.1, 0.15) is 6.92 Å². The topological polar surface area (TPSA) is 109 Å². The molecule has 0 bridgehead atoms. The van der Waals surface area contributed by atoms with Crippen LogP contribution < -0.4 is 11.5 Å². The maximum absolute atomic E-state index is 10.2. The van der Waals surface area contributed by atoms with Crippen molar-refractivity contribution in [2.24, 2.45) is 11.5 Å². The minimum atomic E-state index is -2.65. The van der Waals surface area contributed by atoms with Gasteiger partial charge in [0, 0.05) is 0 Å². The van der Waals surface area contributed by atoms with Gasteiger partial charge >= 0.3 is 0 Å². The third-order valence-electron chi connectivity index (χ3n) is 0.835. The van der Waals surface area contributed by atoms with Crippen LogP contribution >= 0.6 is 0 Å². The molecular formula is C3H7N2O3S-. The van der Waals surface area contributed by atoms with Gasteiger partial charge in [-0.15, -0.1) is 0 Å². The van der Waals surface area contributed by atoms with Crippen molar-refractivity contribution in [3.63, 3.8) is 0 Å². The molecule has 1 amide bonds. The highest BCUT2D eigenvalue weighted by Gasteiger charge is 2.26. The quantitative estimate of drug-likeness (QED) is 0.446. The van der Waals surface area contributed by atoms with E-state index in [1.807, 2.05) is 0 Å². The highest BCUT2D eigenvalue weighted by molar-refractivity contribution is 7.81. The van der Waals surface area contributed by atoms with E-state index in [4.69, 9.17) is 5.73 Å². The lowest BCUT2D eigenvalue weighted by molar-refractivity contribution is -0.120. The second kappa shape index (κ2) is 2.42. The fourth-order valence-corrected chi connectivity index (χ4v) is 0.246. The number of rotatable bonds is 2. The summed E-state index contributed by atoms with van der Waals surface area (Å²) in [7, 11) is 0. The van der Waals surface area contributed by atoms with Crippen molar-refractivity contribution >= 4 is 17.0 Å². The van der Waals surface area contributed by atoms with Gasteiger partial charge in [-0.3, -0.25) is 9.00 Å². The van der Waals surface area contributed by atoms with E-state index in [-0.39, 0.29) is 0 Å². The minimum absolute atomic E-state index is 1.03.